The van der Waals surface area contributed by atoms with Crippen LogP contribution >= 0.6 is 0 Å². The van der Waals surface area contributed by atoms with Gasteiger partial charge in [0.05, 0.1) is 20.6 Å². The number of pyridine rings is 2. The fourth-order valence-corrected chi connectivity index (χ4v) is 1.95. The van der Waals surface area contributed by atoms with E-state index < -0.39 is 0 Å². The Labute approximate surface area is 113 Å². The van der Waals surface area contributed by atoms with E-state index in [0.717, 1.165) is 31.0 Å². The Morgan fingerprint density at radius 3 is 1.74 bits per heavy atom. The molecule has 19 heavy (non-hydrogen) atoms. The SMILES string of the molecule is COc1ccc[n+](CCC[n+]2cccc(OC)c2)c1. The zero-order valence-corrected chi connectivity index (χ0v) is 11.5. The van der Waals surface area contributed by atoms with E-state index >= 15 is 0 Å². The predicted molar refractivity (Wildman–Crippen MR) is 71.0 cm³/mol. The highest BCUT2D eigenvalue weighted by atomic mass is 16.5. The van der Waals surface area contributed by atoms with Crippen LogP contribution in [0.15, 0.2) is 49.1 Å². The summed E-state index contributed by atoms with van der Waals surface area (Å²) >= 11 is 0. The summed E-state index contributed by atoms with van der Waals surface area (Å²) in [6.45, 7) is 1.92. The van der Waals surface area contributed by atoms with Crippen molar-refractivity contribution in [3.8, 4) is 11.5 Å². The van der Waals surface area contributed by atoms with Crippen LogP contribution in [0.1, 0.15) is 6.42 Å². The van der Waals surface area contributed by atoms with Gasteiger partial charge in [0.15, 0.2) is 37.0 Å². The summed E-state index contributed by atoms with van der Waals surface area (Å²) in [5.41, 5.74) is 0. The van der Waals surface area contributed by atoms with Crippen molar-refractivity contribution in [1.29, 1.82) is 0 Å². The summed E-state index contributed by atoms with van der Waals surface area (Å²) in [5.74, 6) is 1.77. The van der Waals surface area contributed by atoms with Crippen LogP contribution in [0.5, 0.6) is 11.5 Å². The van der Waals surface area contributed by atoms with E-state index in [4.69, 9.17) is 9.47 Å². The Balaban J connectivity index is 1.88. The van der Waals surface area contributed by atoms with Gasteiger partial charge in [0, 0.05) is 12.1 Å². The zero-order valence-electron chi connectivity index (χ0n) is 11.5. The van der Waals surface area contributed by atoms with Crippen LogP contribution < -0.4 is 18.6 Å². The Hall–Kier alpha value is -2.10. The minimum atomic E-state index is 0.886. The molecular formula is C15H20N2O2+2. The molecule has 2 aromatic heterocycles. The number of methoxy groups -OCH3 is 2. The molecule has 0 saturated heterocycles. The van der Waals surface area contributed by atoms with Crippen LogP contribution in [-0.2, 0) is 13.1 Å². The van der Waals surface area contributed by atoms with E-state index in [9.17, 15) is 0 Å². The molecule has 0 aliphatic carbocycles. The summed E-state index contributed by atoms with van der Waals surface area (Å²) in [6.07, 6.45) is 9.18. The molecule has 0 amide bonds. The molecule has 2 aromatic rings. The second-order valence-electron chi connectivity index (χ2n) is 4.32. The highest BCUT2D eigenvalue weighted by Gasteiger charge is 2.06. The predicted octanol–water partition coefficient (Wildman–Crippen LogP) is 1.37. The Morgan fingerprint density at radius 1 is 0.842 bits per heavy atom. The number of rotatable bonds is 6. The lowest BCUT2D eigenvalue weighted by atomic mass is 10.3. The molecule has 0 unspecified atom stereocenters. The summed E-state index contributed by atoms with van der Waals surface area (Å²) in [4.78, 5) is 0. The molecule has 0 aliphatic heterocycles. The molecule has 0 spiro atoms. The van der Waals surface area contributed by atoms with Crippen molar-refractivity contribution >= 4 is 0 Å². The zero-order chi connectivity index (χ0) is 13.5. The van der Waals surface area contributed by atoms with Gasteiger partial charge in [-0.2, -0.15) is 0 Å². The van der Waals surface area contributed by atoms with Crippen LogP contribution in [0, 0.1) is 0 Å². The molecular weight excluding hydrogens is 240 g/mol. The third kappa shape index (κ3) is 3.95. The molecule has 0 N–H and O–H groups in total. The number of hydrogen-bond donors (Lipinski definition) is 0. The first-order valence-electron chi connectivity index (χ1n) is 6.38. The van der Waals surface area contributed by atoms with Gasteiger partial charge >= 0.3 is 0 Å². The molecule has 0 bridgehead atoms. The second kappa shape index (κ2) is 6.73. The van der Waals surface area contributed by atoms with Gasteiger partial charge in [-0.15, -0.1) is 0 Å². The Kier molecular flexibility index (Phi) is 4.72. The second-order valence-corrected chi connectivity index (χ2v) is 4.32. The fraction of sp³-hybridized carbons (Fsp3) is 0.333. The highest BCUT2D eigenvalue weighted by molar-refractivity contribution is 5.12. The molecule has 2 rings (SSSR count). The third-order valence-corrected chi connectivity index (χ3v) is 2.97. The van der Waals surface area contributed by atoms with Crippen molar-refractivity contribution in [2.45, 2.75) is 19.5 Å². The molecule has 4 heteroatoms. The maximum atomic E-state index is 5.21. The molecule has 100 valence electrons. The Bertz CT molecular complexity index is 482. The van der Waals surface area contributed by atoms with Gasteiger partial charge in [-0.05, 0) is 12.1 Å². The molecule has 0 aliphatic rings. The maximum absolute atomic E-state index is 5.21. The monoisotopic (exact) mass is 260 g/mol. The number of nitrogens with zero attached hydrogens (tertiary/aromatic N) is 2. The van der Waals surface area contributed by atoms with E-state index in [-0.39, 0.29) is 0 Å². The molecule has 2 heterocycles. The molecule has 0 aromatic carbocycles. The van der Waals surface area contributed by atoms with E-state index in [1.165, 1.54) is 0 Å². The average molecular weight is 260 g/mol. The van der Waals surface area contributed by atoms with Gasteiger partial charge in [-0.1, -0.05) is 0 Å². The lowest BCUT2D eigenvalue weighted by Crippen LogP contribution is -2.38. The smallest absolute Gasteiger partial charge is 0.211 e. The summed E-state index contributed by atoms with van der Waals surface area (Å²) < 4.78 is 14.7. The first-order chi connectivity index (χ1) is 9.31. The summed E-state index contributed by atoms with van der Waals surface area (Å²) in [7, 11) is 3.37. The lowest BCUT2D eigenvalue weighted by Gasteiger charge is -2.00. The van der Waals surface area contributed by atoms with Gasteiger partial charge in [-0.3, -0.25) is 0 Å². The first-order valence-corrected chi connectivity index (χ1v) is 6.38. The topological polar surface area (TPSA) is 26.2 Å². The summed E-state index contributed by atoms with van der Waals surface area (Å²) in [6, 6.07) is 7.90. The van der Waals surface area contributed by atoms with Crippen molar-refractivity contribution in [2.24, 2.45) is 0 Å². The van der Waals surface area contributed by atoms with Gasteiger partial charge in [0.2, 0.25) is 12.4 Å². The largest absolute Gasteiger partial charge is 0.491 e. The highest BCUT2D eigenvalue weighted by Crippen LogP contribution is 2.04. The van der Waals surface area contributed by atoms with Crippen molar-refractivity contribution in [2.75, 3.05) is 14.2 Å². The molecule has 0 saturated carbocycles. The maximum Gasteiger partial charge on any atom is 0.211 e. The summed E-state index contributed by atoms with van der Waals surface area (Å²) in [5, 5.41) is 0. The van der Waals surface area contributed by atoms with Gasteiger partial charge in [0.25, 0.3) is 0 Å². The van der Waals surface area contributed by atoms with Gasteiger partial charge in [-0.25, -0.2) is 9.13 Å². The molecule has 0 fully saturated rings. The third-order valence-electron chi connectivity index (χ3n) is 2.97. The minimum absolute atomic E-state index is 0.886. The van der Waals surface area contributed by atoms with Crippen LogP contribution in [-0.4, -0.2) is 14.2 Å². The first kappa shape index (κ1) is 13.3. The van der Waals surface area contributed by atoms with Crippen molar-refractivity contribution in [3.05, 3.63) is 49.1 Å². The molecule has 4 nitrogen and oxygen atoms in total. The minimum Gasteiger partial charge on any atom is -0.491 e. The van der Waals surface area contributed by atoms with Crippen molar-refractivity contribution in [1.82, 2.24) is 0 Å². The van der Waals surface area contributed by atoms with Gasteiger partial charge in [0.1, 0.15) is 0 Å². The number of aromatic nitrogens is 2. The number of hydrogen-bond acceptors (Lipinski definition) is 2. The van der Waals surface area contributed by atoms with E-state index in [2.05, 4.69) is 21.5 Å². The van der Waals surface area contributed by atoms with Crippen LogP contribution in [0.3, 0.4) is 0 Å². The van der Waals surface area contributed by atoms with Crippen molar-refractivity contribution < 1.29 is 18.6 Å². The van der Waals surface area contributed by atoms with Crippen molar-refractivity contribution in [3.63, 3.8) is 0 Å². The van der Waals surface area contributed by atoms with Crippen LogP contribution in [0.4, 0.5) is 0 Å². The average Bonchev–Trinajstić information content (AvgIpc) is 2.48. The van der Waals surface area contributed by atoms with Gasteiger partial charge < -0.3 is 9.47 Å². The normalized spacial score (nSPS) is 10.2. The molecule has 0 atom stereocenters. The van der Waals surface area contributed by atoms with E-state index in [0.29, 0.717) is 0 Å². The standard InChI is InChI=1S/C15H20N2O2/c1-18-14-6-3-8-16(12-14)10-5-11-17-9-4-7-15(13-17)19-2/h3-4,6-9,12-13H,5,10-11H2,1-2H3/q+2. The number of aryl methyl sites for hydroxylation is 2. The van der Waals surface area contributed by atoms with Crippen LogP contribution in [0.25, 0.3) is 0 Å². The van der Waals surface area contributed by atoms with E-state index in [1.54, 1.807) is 14.2 Å². The van der Waals surface area contributed by atoms with E-state index in [1.807, 2.05) is 36.7 Å². The number of ether oxygens (including phenoxy) is 2. The van der Waals surface area contributed by atoms with Crippen LogP contribution in [0.2, 0.25) is 0 Å². The quantitative estimate of drug-likeness (QED) is 0.733. The fourth-order valence-electron chi connectivity index (χ4n) is 1.95. The Morgan fingerprint density at radius 2 is 1.32 bits per heavy atom. The lowest BCUT2D eigenvalue weighted by molar-refractivity contribution is -0.727. The molecule has 0 radical (unpaired) electrons.